The molecule has 1 atom stereocenters. The molecule has 4 heteroatoms. The van der Waals surface area contributed by atoms with E-state index in [9.17, 15) is 9.59 Å². The lowest BCUT2D eigenvalue weighted by molar-refractivity contribution is -0.134. The van der Waals surface area contributed by atoms with Crippen LogP contribution < -0.4 is 4.74 Å². The Balaban J connectivity index is 1.81. The lowest BCUT2D eigenvalue weighted by Gasteiger charge is -2.10. The molecule has 2 rings (SSSR count). The Morgan fingerprint density at radius 3 is 2.00 bits per heavy atom. The Kier molecular flexibility index (Phi) is 10.8. The van der Waals surface area contributed by atoms with Crippen LogP contribution in [-0.2, 0) is 9.53 Å². The molecule has 0 N–H and O–H groups in total. The highest BCUT2D eigenvalue weighted by molar-refractivity contribution is 5.90. The number of benzene rings is 2. The molecule has 0 aliphatic rings. The number of hydrogen-bond donors (Lipinski definition) is 0. The van der Waals surface area contributed by atoms with Crippen LogP contribution in [0.5, 0.6) is 5.75 Å². The molecule has 0 aliphatic carbocycles. The molecule has 0 saturated carbocycles. The van der Waals surface area contributed by atoms with Gasteiger partial charge in [-0.25, -0.2) is 4.79 Å². The van der Waals surface area contributed by atoms with Gasteiger partial charge >= 0.3 is 11.9 Å². The minimum Gasteiger partial charge on any atom is -0.462 e. The second kappa shape index (κ2) is 13.6. The van der Waals surface area contributed by atoms with E-state index in [-0.39, 0.29) is 11.9 Å². The maximum absolute atomic E-state index is 12.1. The number of esters is 2. The number of carbonyl (C=O) groups is 2. The molecule has 1 unspecified atom stereocenters. The SMILES string of the molecule is CCCCCCCCC(=O)Oc1ccc(-c2ccc(C(=O)OCC(C)CC)cc2)cc1. The van der Waals surface area contributed by atoms with E-state index in [0.717, 1.165) is 30.4 Å². The minimum atomic E-state index is -0.292. The van der Waals surface area contributed by atoms with Crippen molar-refractivity contribution in [2.24, 2.45) is 5.92 Å². The fourth-order valence-electron chi connectivity index (χ4n) is 3.17. The summed E-state index contributed by atoms with van der Waals surface area (Å²) in [7, 11) is 0. The van der Waals surface area contributed by atoms with E-state index < -0.39 is 0 Å². The molecule has 0 amide bonds. The van der Waals surface area contributed by atoms with E-state index in [2.05, 4.69) is 20.8 Å². The predicted octanol–water partition coefficient (Wildman–Crippen LogP) is 7.21. The zero-order valence-electron chi connectivity index (χ0n) is 19.2. The molecule has 2 aromatic rings. The number of rotatable bonds is 13. The highest BCUT2D eigenvalue weighted by atomic mass is 16.5. The zero-order chi connectivity index (χ0) is 22.5. The summed E-state index contributed by atoms with van der Waals surface area (Å²) in [6.07, 6.45) is 8.33. The average Bonchev–Trinajstić information content (AvgIpc) is 2.80. The fraction of sp³-hybridized carbons (Fsp3) is 0.481. The fourth-order valence-corrected chi connectivity index (χ4v) is 3.17. The van der Waals surface area contributed by atoms with Crippen LogP contribution in [0.2, 0.25) is 0 Å². The van der Waals surface area contributed by atoms with Crippen LogP contribution in [0, 0.1) is 5.92 Å². The van der Waals surface area contributed by atoms with Gasteiger partial charge in [-0.3, -0.25) is 4.79 Å². The molecule has 0 bridgehead atoms. The molecule has 0 radical (unpaired) electrons. The third-order valence-corrected chi connectivity index (χ3v) is 5.47. The maximum Gasteiger partial charge on any atom is 0.338 e. The van der Waals surface area contributed by atoms with Gasteiger partial charge < -0.3 is 9.47 Å². The quantitative estimate of drug-likeness (QED) is 0.194. The Bertz CT molecular complexity index is 793. The Labute approximate surface area is 187 Å². The normalized spacial score (nSPS) is 11.7. The largest absolute Gasteiger partial charge is 0.462 e. The van der Waals surface area contributed by atoms with Crippen molar-refractivity contribution < 1.29 is 19.1 Å². The van der Waals surface area contributed by atoms with Crippen LogP contribution in [-0.4, -0.2) is 18.5 Å². The molecule has 0 heterocycles. The first kappa shape index (κ1) is 24.6. The van der Waals surface area contributed by atoms with E-state index >= 15 is 0 Å². The Morgan fingerprint density at radius 2 is 1.39 bits per heavy atom. The van der Waals surface area contributed by atoms with E-state index in [0.29, 0.717) is 30.3 Å². The highest BCUT2D eigenvalue weighted by Crippen LogP contribution is 2.23. The van der Waals surface area contributed by atoms with E-state index in [1.807, 2.05) is 36.4 Å². The standard InChI is InChI=1S/C27H36O4/c1-4-6-7-8-9-10-11-26(28)31-25-18-16-23(17-19-25)22-12-14-24(15-13-22)27(29)30-20-21(3)5-2/h12-19,21H,4-11,20H2,1-3H3. The van der Waals surface area contributed by atoms with Gasteiger partial charge in [0.1, 0.15) is 5.75 Å². The molecule has 168 valence electrons. The van der Waals surface area contributed by atoms with Crippen LogP contribution in [0.15, 0.2) is 48.5 Å². The van der Waals surface area contributed by atoms with Gasteiger partial charge in [0.25, 0.3) is 0 Å². The van der Waals surface area contributed by atoms with Crippen LogP contribution in [0.3, 0.4) is 0 Å². The first-order chi connectivity index (χ1) is 15.0. The predicted molar refractivity (Wildman–Crippen MR) is 125 cm³/mol. The van der Waals surface area contributed by atoms with Gasteiger partial charge in [0.2, 0.25) is 0 Å². The van der Waals surface area contributed by atoms with Gasteiger partial charge in [0.05, 0.1) is 12.2 Å². The zero-order valence-corrected chi connectivity index (χ0v) is 19.2. The summed E-state index contributed by atoms with van der Waals surface area (Å²) in [5.74, 6) is 0.453. The van der Waals surface area contributed by atoms with Crippen molar-refractivity contribution in [1.82, 2.24) is 0 Å². The van der Waals surface area contributed by atoms with Crippen molar-refractivity contribution in [2.75, 3.05) is 6.61 Å². The van der Waals surface area contributed by atoms with Crippen LogP contribution in [0.4, 0.5) is 0 Å². The summed E-state index contributed by atoms with van der Waals surface area (Å²) in [5.41, 5.74) is 2.53. The summed E-state index contributed by atoms with van der Waals surface area (Å²) >= 11 is 0. The summed E-state index contributed by atoms with van der Waals surface area (Å²) < 4.78 is 10.8. The smallest absolute Gasteiger partial charge is 0.338 e. The molecule has 31 heavy (non-hydrogen) atoms. The summed E-state index contributed by atoms with van der Waals surface area (Å²) in [6.45, 7) is 6.78. The van der Waals surface area contributed by atoms with Crippen molar-refractivity contribution in [3.8, 4) is 16.9 Å². The molecule has 0 aliphatic heterocycles. The van der Waals surface area contributed by atoms with Crippen LogP contribution in [0.1, 0.15) is 82.5 Å². The van der Waals surface area contributed by atoms with Crippen molar-refractivity contribution in [1.29, 1.82) is 0 Å². The lowest BCUT2D eigenvalue weighted by Crippen LogP contribution is -2.11. The maximum atomic E-state index is 12.1. The van der Waals surface area contributed by atoms with E-state index in [1.54, 1.807) is 12.1 Å². The van der Waals surface area contributed by atoms with Crippen molar-refractivity contribution in [3.05, 3.63) is 54.1 Å². The average molecular weight is 425 g/mol. The van der Waals surface area contributed by atoms with Crippen LogP contribution >= 0.6 is 0 Å². The monoisotopic (exact) mass is 424 g/mol. The molecule has 2 aromatic carbocycles. The van der Waals surface area contributed by atoms with Gasteiger partial charge in [0, 0.05) is 6.42 Å². The Hall–Kier alpha value is -2.62. The summed E-state index contributed by atoms with van der Waals surface area (Å²) in [5, 5.41) is 0. The summed E-state index contributed by atoms with van der Waals surface area (Å²) in [4.78, 5) is 24.1. The van der Waals surface area contributed by atoms with Crippen LogP contribution in [0.25, 0.3) is 11.1 Å². The van der Waals surface area contributed by atoms with Gasteiger partial charge in [-0.15, -0.1) is 0 Å². The van der Waals surface area contributed by atoms with E-state index in [1.165, 1.54) is 25.7 Å². The van der Waals surface area contributed by atoms with E-state index in [4.69, 9.17) is 9.47 Å². The van der Waals surface area contributed by atoms with Gasteiger partial charge in [-0.1, -0.05) is 83.6 Å². The highest BCUT2D eigenvalue weighted by Gasteiger charge is 2.10. The summed E-state index contributed by atoms with van der Waals surface area (Å²) in [6, 6.07) is 14.8. The molecular formula is C27H36O4. The molecule has 4 nitrogen and oxygen atoms in total. The van der Waals surface area contributed by atoms with Gasteiger partial charge in [-0.2, -0.15) is 0 Å². The molecule has 0 aromatic heterocycles. The molecule has 0 saturated heterocycles. The van der Waals surface area contributed by atoms with Gasteiger partial charge in [0.15, 0.2) is 0 Å². The third-order valence-electron chi connectivity index (χ3n) is 5.47. The first-order valence-electron chi connectivity index (χ1n) is 11.6. The number of unbranched alkanes of at least 4 members (excludes halogenated alkanes) is 5. The van der Waals surface area contributed by atoms with Crippen molar-refractivity contribution in [3.63, 3.8) is 0 Å². The van der Waals surface area contributed by atoms with Crippen molar-refractivity contribution in [2.45, 2.75) is 72.1 Å². The Morgan fingerprint density at radius 1 is 0.806 bits per heavy atom. The second-order valence-electron chi connectivity index (χ2n) is 8.21. The second-order valence-corrected chi connectivity index (χ2v) is 8.21. The lowest BCUT2D eigenvalue weighted by atomic mass is 10.0. The molecule has 0 spiro atoms. The minimum absolute atomic E-state index is 0.177. The number of hydrogen-bond acceptors (Lipinski definition) is 4. The number of carbonyl (C=O) groups excluding carboxylic acids is 2. The topological polar surface area (TPSA) is 52.6 Å². The first-order valence-corrected chi connectivity index (χ1v) is 11.6. The number of ether oxygens (including phenoxy) is 2. The molecular weight excluding hydrogens is 388 g/mol. The molecule has 0 fully saturated rings. The van der Waals surface area contributed by atoms with Gasteiger partial charge in [-0.05, 0) is 47.7 Å². The van der Waals surface area contributed by atoms with Crippen molar-refractivity contribution >= 4 is 11.9 Å². The third kappa shape index (κ3) is 8.95.